The van der Waals surface area contributed by atoms with Gasteiger partial charge in [0.2, 0.25) is 0 Å². The highest BCUT2D eigenvalue weighted by atomic mass is 16.4. The minimum absolute atomic E-state index is 0.121. The molecule has 0 bridgehead atoms. The highest BCUT2D eigenvalue weighted by Gasteiger charge is 2.11. The molecule has 0 aliphatic rings. The lowest BCUT2D eigenvalue weighted by atomic mass is 10.2. The van der Waals surface area contributed by atoms with Crippen LogP contribution in [0.25, 0.3) is 0 Å². The van der Waals surface area contributed by atoms with E-state index in [-0.39, 0.29) is 18.6 Å². The first-order chi connectivity index (χ1) is 8.50. The number of carboxylic acid groups (broad SMARTS) is 2. The highest BCUT2D eigenvalue weighted by molar-refractivity contribution is 6.35. The van der Waals surface area contributed by atoms with Crippen LogP contribution in [0.4, 0.5) is 5.69 Å². The van der Waals surface area contributed by atoms with E-state index in [4.69, 9.17) is 10.2 Å². The van der Waals surface area contributed by atoms with Gasteiger partial charge < -0.3 is 10.2 Å². The Morgan fingerprint density at radius 2 is 1.89 bits per heavy atom. The van der Waals surface area contributed by atoms with E-state index < -0.39 is 11.9 Å². The summed E-state index contributed by atoms with van der Waals surface area (Å²) in [7, 11) is 0. The lowest BCUT2D eigenvalue weighted by Gasteiger charge is -2.05. The largest absolute Gasteiger partial charge is 0.481 e. The Labute approximate surface area is 104 Å². The van der Waals surface area contributed by atoms with Crippen LogP contribution in [0.15, 0.2) is 29.4 Å². The van der Waals surface area contributed by atoms with E-state index >= 15 is 0 Å². The zero-order valence-electron chi connectivity index (χ0n) is 9.88. The van der Waals surface area contributed by atoms with Crippen LogP contribution in [0.5, 0.6) is 0 Å². The van der Waals surface area contributed by atoms with Crippen molar-refractivity contribution in [3.63, 3.8) is 0 Å². The third-order valence-electron chi connectivity index (χ3n) is 2.28. The summed E-state index contributed by atoms with van der Waals surface area (Å²) in [5, 5.41) is 21.1. The number of benzene rings is 1. The number of hydrogen-bond donors (Lipinski definition) is 3. The number of para-hydroxylation sites is 1. The summed E-state index contributed by atoms with van der Waals surface area (Å²) >= 11 is 0. The molecule has 1 rings (SSSR count). The van der Waals surface area contributed by atoms with Crippen LogP contribution < -0.4 is 5.43 Å². The SMILES string of the molecule is Cc1ccccc1N/N=C(/CCC(=O)O)C(=O)O. The predicted molar refractivity (Wildman–Crippen MR) is 66.7 cm³/mol. The maximum atomic E-state index is 10.9. The second-order valence-electron chi connectivity index (χ2n) is 3.68. The fourth-order valence-corrected chi connectivity index (χ4v) is 1.26. The smallest absolute Gasteiger partial charge is 0.352 e. The van der Waals surface area contributed by atoms with Crippen molar-refractivity contribution in [2.75, 3.05) is 5.43 Å². The van der Waals surface area contributed by atoms with Gasteiger partial charge in [-0.25, -0.2) is 4.79 Å². The fraction of sp³-hybridized carbons (Fsp3) is 0.250. The van der Waals surface area contributed by atoms with Crippen molar-refractivity contribution in [2.24, 2.45) is 5.10 Å². The van der Waals surface area contributed by atoms with Crippen LogP contribution in [0.2, 0.25) is 0 Å². The molecule has 0 unspecified atom stereocenters. The van der Waals surface area contributed by atoms with Gasteiger partial charge in [-0.05, 0) is 18.6 Å². The van der Waals surface area contributed by atoms with Crippen LogP contribution >= 0.6 is 0 Å². The normalized spacial score (nSPS) is 11.1. The molecule has 0 saturated carbocycles. The topological polar surface area (TPSA) is 99.0 Å². The number of rotatable bonds is 6. The van der Waals surface area contributed by atoms with Crippen molar-refractivity contribution in [2.45, 2.75) is 19.8 Å². The van der Waals surface area contributed by atoms with E-state index in [0.29, 0.717) is 5.69 Å². The Hall–Kier alpha value is -2.37. The molecule has 0 aromatic heterocycles. The summed E-state index contributed by atoms with van der Waals surface area (Å²) in [5.41, 5.74) is 4.03. The molecule has 0 amide bonds. The first-order valence-corrected chi connectivity index (χ1v) is 5.34. The fourth-order valence-electron chi connectivity index (χ4n) is 1.26. The number of aryl methyl sites for hydroxylation is 1. The van der Waals surface area contributed by atoms with E-state index in [9.17, 15) is 9.59 Å². The van der Waals surface area contributed by atoms with E-state index in [1.807, 2.05) is 19.1 Å². The molecule has 0 radical (unpaired) electrons. The highest BCUT2D eigenvalue weighted by Crippen LogP contribution is 2.13. The van der Waals surface area contributed by atoms with E-state index in [1.165, 1.54) is 0 Å². The monoisotopic (exact) mass is 250 g/mol. The van der Waals surface area contributed by atoms with Crippen LogP contribution in [0, 0.1) is 6.92 Å². The molecule has 96 valence electrons. The Balaban J connectivity index is 2.75. The number of nitrogens with zero attached hydrogens (tertiary/aromatic N) is 1. The van der Waals surface area contributed by atoms with Gasteiger partial charge in [0, 0.05) is 6.42 Å². The van der Waals surface area contributed by atoms with Crippen molar-refractivity contribution < 1.29 is 19.8 Å². The standard InChI is InChI=1S/C12H14N2O4/c1-8-4-2-3-5-9(8)13-14-10(12(17)18)6-7-11(15)16/h2-5,13H,6-7H2,1H3,(H,15,16)(H,17,18)/b14-10-. The van der Waals surface area contributed by atoms with Crippen molar-refractivity contribution in [3.05, 3.63) is 29.8 Å². The molecule has 6 heteroatoms. The molecular formula is C12H14N2O4. The van der Waals surface area contributed by atoms with E-state index in [1.54, 1.807) is 12.1 Å². The lowest BCUT2D eigenvalue weighted by molar-refractivity contribution is -0.136. The summed E-state index contributed by atoms with van der Waals surface area (Å²) in [6.07, 6.45) is -0.385. The molecule has 0 aliphatic carbocycles. The third-order valence-corrected chi connectivity index (χ3v) is 2.28. The van der Waals surface area contributed by atoms with Crippen LogP contribution in [-0.4, -0.2) is 27.9 Å². The van der Waals surface area contributed by atoms with E-state index in [2.05, 4.69) is 10.5 Å². The molecule has 0 aliphatic heterocycles. The number of hydrazone groups is 1. The van der Waals surface area contributed by atoms with Gasteiger partial charge in [0.05, 0.1) is 12.1 Å². The molecule has 0 heterocycles. The molecule has 0 fully saturated rings. The quantitative estimate of drug-likeness (QED) is 0.527. The maximum absolute atomic E-state index is 10.9. The zero-order chi connectivity index (χ0) is 13.5. The maximum Gasteiger partial charge on any atom is 0.352 e. The van der Waals surface area contributed by atoms with Crippen molar-refractivity contribution in [1.29, 1.82) is 0 Å². The van der Waals surface area contributed by atoms with Crippen LogP contribution in [0.1, 0.15) is 18.4 Å². The molecule has 6 nitrogen and oxygen atoms in total. The number of nitrogens with one attached hydrogen (secondary N) is 1. The predicted octanol–water partition coefficient (Wildman–Crippen LogP) is 1.71. The number of anilines is 1. The minimum Gasteiger partial charge on any atom is -0.481 e. The van der Waals surface area contributed by atoms with Crippen molar-refractivity contribution in [3.8, 4) is 0 Å². The third kappa shape index (κ3) is 4.25. The molecule has 0 spiro atoms. The summed E-state index contributed by atoms with van der Waals surface area (Å²) in [6, 6.07) is 7.26. The lowest BCUT2D eigenvalue weighted by Crippen LogP contribution is -2.16. The average molecular weight is 250 g/mol. The van der Waals surface area contributed by atoms with Crippen LogP contribution in [0.3, 0.4) is 0 Å². The number of carbonyl (C=O) groups is 2. The van der Waals surface area contributed by atoms with Crippen molar-refractivity contribution >= 4 is 23.3 Å². The summed E-state index contributed by atoms with van der Waals surface area (Å²) in [5.74, 6) is -2.28. The second-order valence-corrected chi connectivity index (χ2v) is 3.68. The van der Waals surface area contributed by atoms with Crippen LogP contribution in [-0.2, 0) is 9.59 Å². The van der Waals surface area contributed by atoms with Gasteiger partial charge in [-0.3, -0.25) is 10.2 Å². The Bertz CT molecular complexity index is 483. The Morgan fingerprint density at radius 3 is 2.44 bits per heavy atom. The van der Waals surface area contributed by atoms with Gasteiger partial charge in [-0.1, -0.05) is 18.2 Å². The van der Waals surface area contributed by atoms with Gasteiger partial charge in [0.15, 0.2) is 0 Å². The molecule has 1 aromatic rings. The number of aliphatic carboxylic acids is 2. The molecule has 3 N–H and O–H groups in total. The first kappa shape index (κ1) is 13.7. The zero-order valence-corrected chi connectivity index (χ0v) is 9.88. The summed E-state index contributed by atoms with van der Waals surface area (Å²) < 4.78 is 0. The van der Waals surface area contributed by atoms with Gasteiger partial charge in [0.25, 0.3) is 0 Å². The van der Waals surface area contributed by atoms with Crippen molar-refractivity contribution in [1.82, 2.24) is 0 Å². The molecular weight excluding hydrogens is 236 g/mol. The summed E-state index contributed by atoms with van der Waals surface area (Å²) in [6.45, 7) is 1.86. The Morgan fingerprint density at radius 1 is 1.22 bits per heavy atom. The number of carboxylic acids is 2. The average Bonchev–Trinajstić information content (AvgIpc) is 2.30. The number of hydrogen-bond acceptors (Lipinski definition) is 4. The van der Waals surface area contributed by atoms with Gasteiger partial charge in [0.1, 0.15) is 5.71 Å². The minimum atomic E-state index is -1.22. The molecule has 0 atom stereocenters. The first-order valence-electron chi connectivity index (χ1n) is 5.34. The molecule has 0 saturated heterocycles. The van der Waals surface area contributed by atoms with Gasteiger partial charge in [-0.2, -0.15) is 5.10 Å². The van der Waals surface area contributed by atoms with E-state index in [0.717, 1.165) is 5.56 Å². The molecule has 1 aromatic carbocycles. The van der Waals surface area contributed by atoms with Gasteiger partial charge >= 0.3 is 11.9 Å². The van der Waals surface area contributed by atoms with Gasteiger partial charge in [-0.15, -0.1) is 0 Å². The second kappa shape index (κ2) is 6.39. The Kier molecular flexibility index (Phi) is 4.86. The molecule has 18 heavy (non-hydrogen) atoms. The summed E-state index contributed by atoms with van der Waals surface area (Å²) in [4.78, 5) is 21.2.